The zero-order valence-electron chi connectivity index (χ0n) is 59.2. The summed E-state index contributed by atoms with van der Waals surface area (Å²) in [5, 5.41) is 110. The molecule has 0 spiro atoms. The highest BCUT2D eigenvalue weighted by Crippen LogP contribution is 2.56. The summed E-state index contributed by atoms with van der Waals surface area (Å²) in [7, 11) is -20.2. The smallest absolute Gasteiger partial charge is 0.451 e. The van der Waals surface area contributed by atoms with E-state index in [0.717, 1.165) is 55.7 Å². The molecule has 5 aliphatic carbocycles. The molecule has 0 aromatic heterocycles. The molecule has 0 radical (unpaired) electrons. The summed E-state index contributed by atoms with van der Waals surface area (Å²) in [6.07, 6.45) is 10.1. The van der Waals surface area contributed by atoms with Gasteiger partial charge in [-0.05, 0) is 143 Å². The van der Waals surface area contributed by atoms with Gasteiger partial charge in [-0.25, -0.2) is 0 Å². The third kappa shape index (κ3) is 20.9. The van der Waals surface area contributed by atoms with E-state index in [2.05, 4.69) is 14.2 Å². The number of nitrogens with zero attached hydrogens (tertiary/aromatic N) is 5. The standard InChI is InChI=1S/C14H27BN4O6S.2C14H29BN4O6S.C13H27BN4O6S/c16-12(3-4-12)13(5-6-13)18-26(24,25)19-8-10(2-1-7-15(22)23)14(17,9-19)11(20)21;1-12(2,13(16)5-6-13)18-26(24,25)19-8-10(4-3-7-15(22)23)14(17,9-19)11(20)21;1-10(13(16)5-6-13)18(2)26(24,25)19-8-11(4-3-7-15(22)23)14(17,9-19)12(20)21;1-9(12(15)4-5-12)17-25(23,24)18-7-10(3-2-6-14(21)22)13(16,8-18)11(19)20/h10,18,22-23H,1-9,16-17H2,(H,20,21);10,18,22-23H,3-9,16-17H2,1-2H3,(H,20,21);10-11,22-23H,3-9,16-17H2,1-2H3,(H,20,21);9-10,17,21-22H,2-8,15-16H2,1H3,(H,19,20)/t2*10-,14-;10?,11-,14-;9?,10-,13-/m0000/s1. The maximum atomic E-state index is 13.0. The number of carboxylic acids is 4. The van der Waals surface area contributed by atoms with Crippen molar-refractivity contribution in [2.75, 3.05) is 59.4 Å². The van der Waals surface area contributed by atoms with Gasteiger partial charge in [0.05, 0.1) is 5.54 Å². The molecule has 0 amide bonds. The molecular formula is C55H112B4N16O24S4. The number of likely N-dealkylation sites (N-methyl/N-ethyl adjacent to an activating group) is 1. The summed E-state index contributed by atoms with van der Waals surface area (Å²) in [6.45, 7) is 5.38. The van der Waals surface area contributed by atoms with Gasteiger partial charge in [-0.1, -0.05) is 25.7 Å². The zero-order chi connectivity index (χ0) is 78.3. The minimum atomic E-state index is -3.98. The fourth-order valence-electron chi connectivity index (χ4n) is 14.2. The van der Waals surface area contributed by atoms with E-state index in [9.17, 15) is 73.3 Å². The van der Waals surface area contributed by atoms with Crippen molar-refractivity contribution in [3.63, 3.8) is 0 Å². The highest BCUT2D eigenvalue weighted by Gasteiger charge is 2.67. The number of nitrogens with two attached hydrogens (primary N) is 8. The van der Waals surface area contributed by atoms with Crippen molar-refractivity contribution in [3.05, 3.63) is 0 Å². The van der Waals surface area contributed by atoms with Gasteiger partial charge >= 0.3 is 52.4 Å². The van der Waals surface area contributed by atoms with Crippen LogP contribution in [-0.2, 0) is 60.0 Å². The van der Waals surface area contributed by atoms with E-state index in [1.807, 2.05) is 0 Å². The highest BCUT2D eigenvalue weighted by atomic mass is 32.2. The second-order valence-corrected chi connectivity index (χ2v) is 38.3. The Morgan fingerprint density at radius 2 is 0.767 bits per heavy atom. The molecule has 9 rings (SSSR count). The van der Waals surface area contributed by atoms with Gasteiger partial charge in [0.25, 0.3) is 40.8 Å². The molecule has 592 valence electrons. The fraction of sp³-hybridized carbons (Fsp3) is 0.927. The van der Waals surface area contributed by atoms with Crippen LogP contribution < -0.4 is 60.0 Å². The van der Waals surface area contributed by atoms with Crippen molar-refractivity contribution < 1.29 is 113 Å². The molecule has 0 aromatic carbocycles. The largest absolute Gasteiger partial charge is 0.480 e. The van der Waals surface area contributed by atoms with Crippen LogP contribution in [0.5, 0.6) is 0 Å². The summed E-state index contributed by atoms with van der Waals surface area (Å²) in [4.78, 5) is 46.7. The van der Waals surface area contributed by atoms with E-state index in [0.29, 0.717) is 57.8 Å². The number of nitrogens with one attached hydrogen (secondary N) is 3. The Kier molecular flexibility index (Phi) is 28.0. The van der Waals surface area contributed by atoms with Crippen molar-refractivity contribution in [2.24, 2.45) is 69.5 Å². The van der Waals surface area contributed by atoms with Crippen LogP contribution >= 0.6 is 0 Å². The van der Waals surface area contributed by atoms with Crippen molar-refractivity contribution in [3.8, 4) is 0 Å². The maximum absolute atomic E-state index is 13.0. The molecule has 103 heavy (non-hydrogen) atoms. The van der Waals surface area contributed by atoms with E-state index in [1.165, 1.54) is 11.4 Å². The minimum Gasteiger partial charge on any atom is -0.480 e. The van der Waals surface area contributed by atoms with E-state index < -0.39 is 184 Å². The van der Waals surface area contributed by atoms with Crippen LogP contribution in [0.4, 0.5) is 0 Å². The average Bonchev–Trinajstić information content (AvgIpc) is 1.54. The Labute approximate surface area is 604 Å². The molecule has 4 aliphatic heterocycles. The molecule has 4 heterocycles. The topological polar surface area (TPSA) is 708 Å². The van der Waals surface area contributed by atoms with E-state index in [4.69, 9.17) is 86.1 Å². The van der Waals surface area contributed by atoms with Gasteiger partial charge in [0.2, 0.25) is 0 Å². The Balaban J connectivity index is 0.000000216. The molecule has 0 aromatic rings. The normalized spacial score (nSPS) is 30.3. The van der Waals surface area contributed by atoms with E-state index in [1.54, 1.807) is 27.7 Å². The average molecular weight is 1550 g/mol. The molecular weight excluding hydrogens is 1440 g/mol. The first-order valence-corrected chi connectivity index (χ1v) is 40.4. The van der Waals surface area contributed by atoms with Crippen molar-refractivity contribution in [1.82, 2.24) is 35.7 Å². The van der Waals surface area contributed by atoms with Crippen LogP contribution in [-0.4, -0.2) is 295 Å². The van der Waals surface area contributed by atoms with Crippen molar-refractivity contribution in [2.45, 2.75) is 236 Å². The first kappa shape index (κ1) is 88.9. The third-order valence-electron chi connectivity index (χ3n) is 23.2. The molecule has 40 nitrogen and oxygen atoms in total. The van der Waals surface area contributed by atoms with Crippen LogP contribution in [0, 0.1) is 23.7 Å². The molecule has 9 fully saturated rings. The number of hydrogen-bond donors (Lipinski definition) is 23. The molecule has 9 aliphatic rings. The third-order valence-corrected chi connectivity index (χ3v) is 30.1. The Morgan fingerprint density at radius 1 is 0.466 bits per heavy atom. The summed E-state index contributed by atoms with van der Waals surface area (Å²) >= 11 is 0. The number of carbonyl (C=O) groups is 4. The number of aliphatic carboxylic acids is 4. The monoisotopic (exact) mass is 1550 g/mol. The summed E-state index contributed by atoms with van der Waals surface area (Å²) in [5.74, 6) is -7.56. The molecule has 10 atom stereocenters. The Morgan fingerprint density at radius 3 is 1.05 bits per heavy atom. The second kappa shape index (κ2) is 32.5. The highest BCUT2D eigenvalue weighted by molar-refractivity contribution is 7.88. The minimum absolute atomic E-state index is 0.0205. The van der Waals surface area contributed by atoms with Crippen molar-refractivity contribution >= 4 is 93.2 Å². The summed E-state index contributed by atoms with van der Waals surface area (Å²) < 4.78 is 116. The van der Waals surface area contributed by atoms with E-state index in [-0.39, 0.29) is 96.9 Å². The fourth-order valence-corrected chi connectivity index (χ4v) is 21.0. The predicted molar refractivity (Wildman–Crippen MR) is 378 cm³/mol. The molecule has 48 heteroatoms. The SMILES string of the molecule is CC(C)(NS(=O)(=O)N1C[C@H](CCCB(O)O)[C@](N)(C(=O)O)C1)C1(N)CC1.CC(N(C)S(=O)(=O)N1C[C@H](CCCB(O)O)[C@](N)(C(=O)O)C1)C1(N)CC1.CC(NS(=O)(=O)N1C[C@H](CCCB(O)O)[C@](N)(C(=O)O)C1)C1(N)CC1.NC1(C2(NS(=O)(=O)N3C[C@H](CCCB(O)O)[C@](N)(C(=O)O)C3)CC2)CC1. The van der Waals surface area contributed by atoms with E-state index >= 15 is 0 Å². The first-order valence-electron chi connectivity index (χ1n) is 34.7. The lowest BCUT2D eigenvalue weighted by molar-refractivity contribution is -0.145. The molecule has 5 saturated carbocycles. The molecule has 0 bridgehead atoms. The molecule has 2 unspecified atom stereocenters. The zero-order valence-corrected chi connectivity index (χ0v) is 62.5. The maximum Gasteiger partial charge on any atom is 0.451 e. The van der Waals surface area contributed by atoms with Gasteiger partial charge in [0.1, 0.15) is 22.2 Å². The number of carboxylic acid groups (broad SMARTS) is 4. The van der Waals surface area contributed by atoms with Gasteiger partial charge in [0.15, 0.2) is 0 Å². The Bertz CT molecular complexity index is 3380. The summed E-state index contributed by atoms with van der Waals surface area (Å²) in [5.41, 5.74) is 38.1. The summed E-state index contributed by atoms with van der Waals surface area (Å²) in [6, 6.07) is -0.869. The van der Waals surface area contributed by atoms with Crippen LogP contribution in [0.2, 0.25) is 25.3 Å². The molecule has 31 N–H and O–H groups in total. The second-order valence-electron chi connectivity index (χ2n) is 31.2. The van der Waals surface area contributed by atoms with Crippen LogP contribution in [0.3, 0.4) is 0 Å². The van der Waals surface area contributed by atoms with Gasteiger partial charge in [-0.2, -0.15) is 69.4 Å². The Hall–Kier alpha value is -3.02. The van der Waals surface area contributed by atoms with Crippen LogP contribution in [0.15, 0.2) is 0 Å². The van der Waals surface area contributed by atoms with Gasteiger partial charge in [-0.3, -0.25) is 19.2 Å². The number of hydrogen-bond acceptors (Lipinski definition) is 28. The van der Waals surface area contributed by atoms with Crippen LogP contribution in [0.1, 0.15) is 143 Å². The lowest BCUT2D eigenvalue weighted by atomic mass is 9.78. The number of rotatable bonds is 36. The quantitative estimate of drug-likeness (QED) is 0.0259. The molecule has 4 saturated heterocycles. The predicted octanol–water partition coefficient (Wildman–Crippen LogP) is -8.45. The lowest BCUT2D eigenvalue weighted by Crippen LogP contribution is -2.61. The van der Waals surface area contributed by atoms with Gasteiger partial charge in [0, 0.05) is 123 Å². The lowest BCUT2D eigenvalue weighted by Gasteiger charge is -2.34. The van der Waals surface area contributed by atoms with Crippen molar-refractivity contribution in [1.29, 1.82) is 0 Å². The van der Waals surface area contributed by atoms with Crippen LogP contribution in [0.25, 0.3) is 0 Å². The first-order chi connectivity index (χ1) is 46.9. The van der Waals surface area contributed by atoms with Gasteiger partial charge in [-0.15, -0.1) is 0 Å². The van der Waals surface area contributed by atoms with Gasteiger partial charge < -0.3 is 106 Å².